The summed E-state index contributed by atoms with van der Waals surface area (Å²) < 4.78 is 4.80. The highest BCUT2D eigenvalue weighted by molar-refractivity contribution is 6.10. The molecule has 9 aromatic rings. The molecule has 2 aromatic heterocycles. The number of allylic oxidation sites excluding steroid dienone is 1. The van der Waals surface area contributed by atoms with E-state index in [2.05, 4.69) is 205 Å². The molecule has 0 spiro atoms. The van der Waals surface area contributed by atoms with Crippen LogP contribution >= 0.6 is 0 Å². The highest BCUT2D eigenvalue weighted by Crippen LogP contribution is 2.37. The molecule has 0 amide bonds. The monoisotopic (exact) mass is 640 g/mol. The summed E-state index contributed by atoms with van der Waals surface area (Å²) in [5.41, 5.74) is 15.7. The van der Waals surface area contributed by atoms with Crippen LogP contribution in [0.1, 0.15) is 18.2 Å². The number of para-hydroxylation sites is 1. The van der Waals surface area contributed by atoms with Gasteiger partial charge in [-0.15, -0.1) is 0 Å². The summed E-state index contributed by atoms with van der Waals surface area (Å²) in [5.74, 6) is 0. The Labute approximate surface area is 292 Å². The van der Waals surface area contributed by atoms with E-state index in [1.165, 1.54) is 77.3 Å². The largest absolute Gasteiger partial charge is 0.310 e. The number of nitrogens with zero attached hydrogens (tertiary/aromatic N) is 2. The average molecular weight is 641 g/mol. The quantitative estimate of drug-likeness (QED) is 0.171. The van der Waals surface area contributed by atoms with Gasteiger partial charge in [0.2, 0.25) is 0 Å². The van der Waals surface area contributed by atoms with Gasteiger partial charge in [0.25, 0.3) is 0 Å². The molecule has 50 heavy (non-hydrogen) atoms. The fourth-order valence-corrected chi connectivity index (χ4v) is 7.58. The third-order valence-corrected chi connectivity index (χ3v) is 10.1. The molecule has 0 saturated heterocycles. The second kappa shape index (κ2) is 12.3. The molecule has 0 aliphatic heterocycles. The molecule has 0 saturated carbocycles. The first-order valence-electron chi connectivity index (χ1n) is 17.3. The molecular weight excluding hydrogens is 605 g/mol. The van der Waals surface area contributed by atoms with Gasteiger partial charge in [0.1, 0.15) is 0 Å². The number of rotatable bonds is 6. The normalized spacial score (nSPS) is 11.7. The van der Waals surface area contributed by atoms with Gasteiger partial charge in [0, 0.05) is 33.2 Å². The van der Waals surface area contributed by atoms with Gasteiger partial charge in [-0.3, -0.25) is 0 Å². The molecule has 0 atom stereocenters. The Morgan fingerprint density at radius 3 is 1.40 bits per heavy atom. The van der Waals surface area contributed by atoms with Crippen LogP contribution in [0.15, 0.2) is 176 Å². The first-order chi connectivity index (χ1) is 24.7. The van der Waals surface area contributed by atoms with Crippen molar-refractivity contribution in [1.29, 1.82) is 0 Å². The zero-order chi connectivity index (χ0) is 33.6. The molecule has 0 bridgehead atoms. The Morgan fingerprint density at radius 2 is 0.820 bits per heavy atom. The predicted molar refractivity (Wildman–Crippen MR) is 213 cm³/mol. The third kappa shape index (κ3) is 4.96. The lowest BCUT2D eigenvalue weighted by molar-refractivity contribution is 1.10. The second-order valence-electron chi connectivity index (χ2n) is 13.0. The SMILES string of the molecule is C/C=C\c1c(C)c2ccc(-c3ccccc3)cc2n1-c1ccc(-c2ccc(-n3c4ccccc4c4ccc(-c5ccccc5)cc43)cc2)cc1. The predicted octanol–water partition coefficient (Wildman–Crippen LogP) is 13.1. The van der Waals surface area contributed by atoms with Crippen LogP contribution in [0, 0.1) is 6.92 Å². The highest BCUT2D eigenvalue weighted by atomic mass is 15.0. The van der Waals surface area contributed by atoms with Gasteiger partial charge in [-0.25, -0.2) is 0 Å². The number of hydrogen-bond donors (Lipinski definition) is 0. The standard InChI is InChI=1S/C48H36N2/c1-3-12-45-33(2)42-29-23-38(34-13-6-4-7-14-34)31-47(42)49(45)40-25-19-36(20-26-40)37-21-27-41(28-22-37)50-46-18-11-10-17-43(46)44-30-24-39(32-48(44)50)35-15-8-5-9-16-35/h3-32H,1-2H3/b12-3-. The van der Waals surface area contributed by atoms with Crippen LogP contribution in [0.4, 0.5) is 0 Å². The van der Waals surface area contributed by atoms with Gasteiger partial charge in [0.15, 0.2) is 0 Å². The van der Waals surface area contributed by atoms with Crippen molar-refractivity contribution in [2.75, 3.05) is 0 Å². The molecule has 7 aromatic carbocycles. The Bertz CT molecular complexity index is 2670. The highest BCUT2D eigenvalue weighted by Gasteiger charge is 2.16. The Kier molecular flexibility index (Phi) is 7.29. The van der Waals surface area contributed by atoms with Gasteiger partial charge < -0.3 is 9.13 Å². The second-order valence-corrected chi connectivity index (χ2v) is 13.0. The van der Waals surface area contributed by atoms with E-state index >= 15 is 0 Å². The zero-order valence-corrected chi connectivity index (χ0v) is 28.2. The third-order valence-electron chi connectivity index (χ3n) is 10.1. The zero-order valence-electron chi connectivity index (χ0n) is 28.2. The Hall–Kier alpha value is -6.38. The lowest BCUT2D eigenvalue weighted by Crippen LogP contribution is -1.97. The molecule has 0 N–H and O–H groups in total. The summed E-state index contributed by atoms with van der Waals surface area (Å²) in [7, 11) is 0. The van der Waals surface area contributed by atoms with Crippen molar-refractivity contribution in [3.05, 3.63) is 187 Å². The minimum atomic E-state index is 1.15. The maximum absolute atomic E-state index is 2.40. The van der Waals surface area contributed by atoms with Crippen LogP contribution in [0.5, 0.6) is 0 Å². The summed E-state index contributed by atoms with van der Waals surface area (Å²) in [6, 6.07) is 61.7. The van der Waals surface area contributed by atoms with E-state index in [9.17, 15) is 0 Å². The summed E-state index contributed by atoms with van der Waals surface area (Å²) in [5, 5.41) is 3.81. The molecule has 2 heteroatoms. The molecule has 2 nitrogen and oxygen atoms in total. The lowest BCUT2D eigenvalue weighted by Gasteiger charge is -2.12. The van der Waals surface area contributed by atoms with Crippen LogP contribution in [-0.2, 0) is 0 Å². The first-order valence-corrected chi connectivity index (χ1v) is 17.3. The van der Waals surface area contributed by atoms with E-state index in [1.807, 2.05) is 0 Å². The summed E-state index contributed by atoms with van der Waals surface area (Å²) in [6.07, 6.45) is 4.35. The molecule has 0 fully saturated rings. The number of fused-ring (bicyclic) bond motifs is 4. The van der Waals surface area contributed by atoms with Crippen LogP contribution in [-0.4, -0.2) is 9.13 Å². The molecule has 0 radical (unpaired) electrons. The molecule has 9 rings (SSSR count). The van der Waals surface area contributed by atoms with Crippen LogP contribution in [0.3, 0.4) is 0 Å². The fraction of sp³-hybridized carbons (Fsp3) is 0.0417. The Morgan fingerprint density at radius 1 is 0.380 bits per heavy atom. The van der Waals surface area contributed by atoms with Crippen molar-refractivity contribution in [3.8, 4) is 44.8 Å². The van der Waals surface area contributed by atoms with E-state index in [-0.39, 0.29) is 0 Å². The van der Waals surface area contributed by atoms with E-state index in [0.29, 0.717) is 0 Å². The van der Waals surface area contributed by atoms with Crippen molar-refractivity contribution in [3.63, 3.8) is 0 Å². The minimum Gasteiger partial charge on any atom is -0.310 e. The molecular formula is C48H36N2. The molecule has 2 heterocycles. The van der Waals surface area contributed by atoms with Crippen LogP contribution in [0.2, 0.25) is 0 Å². The van der Waals surface area contributed by atoms with Crippen LogP contribution < -0.4 is 0 Å². The number of benzene rings is 7. The summed E-state index contributed by atoms with van der Waals surface area (Å²) in [4.78, 5) is 0. The molecule has 0 aliphatic rings. The van der Waals surface area contributed by atoms with Crippen molar-refractivity contribution in [1.82, 2.24) is 9.13 Å². The van der Waals surface area contributed by atoms with Crippen LogP contribution in [0.25, 0.3) is 83.5 Å². The van der Waals surface area contributed by atoms with Gasteiger partial charge in [-0.1, -0.05) is 133 Å². The maximum atomic E-state index is 2.40. The lowest BCUT2D eigenvalue weighted by atomic mass is 10.0. The number of aromatic nitrogens is 2. The van der Waals surface area contributed by atoms with E-state index < -0.39 is 0 Å². The smallest absolute Gasteiger partial charge is 0.0547 e. The number of aryl methyl sites for hydroxylation is 1. The summed E-state index contributed by atoms with van der Waals surface area (Å²) in [6.45, 7) is 4.32. The van der Waals surface area contributed by atoms with Gasteiger partial charge in [-0.05, 0) is 101 Å². The average Bonchev–Trinajstić information content (AvgIpc) is 3.66. The fourth-order valence-electron chi connectivity index (χ4n) is 7.58. The topological polar surface area (TPSA) is 9.86 Å². The van der Waals surface area contributed by atoms with E-state index in [0.717, 1.165) is 11.4 Å². The molecule has 0 aliphatic carbocycles. The van der Waals surface area contributed by atoms with Crippen molar-refractivity contribution in [2.45, 2.75) is 13.8 Å². The minimum absolute atomic E-state index is 1.15. The molecule has 238 valence electrons. The molecule has 0 unspecified atom stereocenters. The number of hydrogen-bond acceptors (Lipinski definition) is 0. The van der Waals surface area contributed by atoms with Crippen molar-refractivity contribution >= 4 is 38.8 Å². The van der Waals surface area contributed by atoms with Gasteiger partial charge >= 0.3 is 0 Å². The van der Waals surface area contributed by atoms with E-state index in [4.69, 9.17) is 0 Å². The Balaban J connectivity index is 1.10. The van der Waals surface area contributed by atoms with E-state index in [1.54, 1.807) is 0 Å². The maximum Gasteiger partial charge on any atom is 0.0547 e. The first kappa shape index (κ1) is 29.7. The van der Waals surface area contributed by atoms with Gasteiger partial charge in [-0.2, -0.15) is 0 Å². The van der Waals surface area contributed by atoms with Gasteiger partial charge in [0.05, 0.1) is 16.6 Å². The van der Waals surface area contributed by atoms with Crippen molar-refractivity contribution in [2.24, 2.45) is 0 Å². The van der Waals surface area contributed by atoms with Crippen molar-refractivity contribution < 1.29 is 0 Å². The summed E-state index contributed by atoms with van der Waals surface area (Å²) >= 11 is 0.